The van der Waals surface area contributed by atoms with Crippen LogP contribution in [0.25, 0.3) is 0 Å². The fourth-order valence-electron chi connectivity index (χ4n) is 5.48. The zero-order valence-corrected chi connectivity index (χ0v) is 20.9. The summed E-state index contributed by atoms with van der Waals surface area (Å²) >= 11 is 0. The SMILES string of the molecule is CCOc1cc(OC)c(F)c(N2Cc3cnc(NC4CCC(O)CC4)nc3N(C3CCCC3)C2=O)c1. The molecule has 2 aliphatic carbocycles. The maximum absolute atomic E-state index is 15.4. The predicted molar refractivity (Wildman–Crippen MR) is 134 cm³/mol. The summed E-state index contributed by atoms with van der Waals surface area (Å²) in [6.45, 7) is 2.39. The van der Waals surface area contributed by atoms with Crippen molar-refractivity contribution in [2.24, 2.45) is 0 Å². The number of nitrogens with one attached hydrogen (secondary N) is 1. The zero-order valence-electron chi connectivity index (χ0n) is 20.9. The summed E-state index contributed by atoms with van der Waals surface area (Å²) in [6.07, 6.45) is 8.49. The lowest BCUT2D eigenvalue weighted by Gasteiger charge is -2.39. The minimum absolute atomic E-state index is 0.00772. The van der Waals surface area contributed by atoms with Gasteiger partial charge in [-0.2, -0.15) is 4.98 Å². The van der Waals surface area contributed by atoms with E-state index in [0.717, 1.165) is 56.9 Å². The van der Waals surface area contributed by atoms with Crippen LogP contribution >= 0.6 is 0 Å². The number of carbonyl (C=O) groups is 1. The Hall–Kier alpha value is -3.14. The van der Waals surface area contributed by atoms with Crippen LogP contribution in [-0.4, -0.2) is 53.0 Å². The number of amides is 2. The molecule has 2 heterocycles. The van der Waals surface area contributed by atoms with Crippen molar-refractivity contribution in [2.45, 2.75) is 83.0 Å². The van der Waals surface area contributed by atoms with Crippen molar-refractivity contribution in [3.8, 4) is 11.5 Å². The molecule has 10 heteroatoms. The highest BCUT2D eigenvalue weighted by molar-refractivity contribution is 6.06. The van der Waals surface area contributed by atoms with E-state index in [9.17, 15) is 9.90 Å². The number of hydrogen-bond donors (Lipinski definition) is 2. The number of ether oxygens (including phenoxy) is 2. The molecule has 2 saturated carbocycles. The minimum atomic E-state index is -0.609. The van der Waals surface area contributed by atoms with Gasteiger partial charge in [-0.25, -0.2) is 14.2 Å². The van der Waals surface area contributed by atoms with Crippen molar-refractivity contribution in [1.29, 1.82) is 0 Å². The van der Waals surface area contributed by atoms with Gasteiger partial charge in [-0.15, -0.1) is 0 Å². The van der Waals surface area contributed by atoms with Gasteiger partial charge >= 0.3 is 6.03 Å². The number of methoxy groups -OCH3 is 1. The Morgan fingerprint density at radius 2 is 1.92 bits per heavy atom. The fraction of sp³-hybridized carbons (Fsp3) is 0.577. The van der Waals surface area contributed by atoms with Gasteiger partial charge in [-0.3, -0.25) is 9.80 Å². The van der Waals surface area contributed by atoms with Crippen LogP contribution in [0.3, 0.4) is 0 Å². The molecule has 1 aromatic carbocycles. The minimum Gasteiger partial charge on any atom is -0.494 e. The highest BCUT2D eigenvalue weighted by Crippen LogP contribution is 2.40. The molecule has 0 atom stereocenters. The summed E-state index contributed by atoms with van der Waals surface area (Å²) in [5, 5.41) is 13.2. The lowest BCUT2D eigenvalue weighted by atomic mass is 9.93. The molecule has 0 radical (unpaired) electrons. The summed E-state index contributed by atoms with van der Waals surface area (Å²) in [7, 11) is 1.39. The Morgan fingerprint density at radius 1 is 1.17 bits per heavy atom. The number of aliphatic hydroxyl groups excluding tert-OH is 1. The number of benzene rings is 1. The lowest BCUT2D eigenvalue weighted by molar-refractivity contribution is 0.126. The zero-order chi connectivity index (χ0) is 25.2. The van der Waals surface area contributed by atoms with E-state index >= 15 is 4.39 Å². The molecule has 0 bridgehead atoms. The third-order valence-corrected chi connectivity index (χ3v) is 7.37. The number of anilines is 3. The second-order valence-corrected chi connectivity index (χ2v) is 9.76. The first-order chi connectivity index (χ1) is 17.5. The summed E-state index contributed by atoms with van der Waals surface area (Å²) in [5.74, 6) is 0.916. The second kappa shape index (κ2) is 10.5. The van der Waals surface area contributed by atoms with Crippen molar-refractivity contribution in [3.05, 3.63) is 29.7 Å². The molecule has 0 saturated heterocycles. The Morgan fingerprint density at radius 3 is 2.61 bits per heavy atom. The summed E-state index contributed by atoms with van der Waals surface area (Å²) < 4.78 is 26.3. The molecule has 0 spiro atoms. The third-order valence-electron chi connectivity index (χ3n) is 7.37. The van der Waals surface area contributed by atoms with Crippen molar-refractivity contribution >= 4 is 23.5 Å². The van der Waals surface area contributed by atoms with Gasteiger partial charge in [-0.05, 0) is 45.4 Å². The van der Waals surface area contributed by atoms with E-state index in [0.29, 0.717) is 24.1 Å². The third kappa shape index (κ3) is 4.78. The Balaban J connectivity index is 1.50. The highest BCUT2D eigenvalue weighted by Gasteiger charge is 2.40. The lowest BCUT2D eigenvalue weighted by Crippen LogP contribution is -2.52. The topological polar surface area (TPSA) is 100 Å². The van der Waals surface area contributed by atoms with Crippen LogP contribution in [0.5, 0.6) is 11.5 Å². The monoisotopic (exact) mass is 499 g/mol. The number of nitrogens with zero attached hydrogens (tertiary/aromatic N) is 4. The number of rotatable bonds is 7. The van der Waals surface area contributed by atoms with Crippen LogP contribution in [0, 0.1) is 5.82 Å². The van der Waals surface area contributed by atoms with E-state index in [4.69, 9.17) is 14.5 Å². The molecule has 3 aliphatic rings. The number of aromatic nitrogens is 2. The van der Waals surface area contributed by atoms with Gasteiger partial charge < -0.3 is 19.9 Å². The molecule has 1 aliphatic heterocycles. The first-order valence-corrected chi connectivity index (χ1v) is 12.9. The highest BCUT2D eigenvalue weighted by atomic mass is 19.1. The van der Waals surface area contributed by atoms with Gasteiger partial charge in [0.2, 0.25) is 5.95 Å². The normalized spacial score (nSPS) is 22.5. The van der Waals surface area contributed by atoms with Crippen LogP contribution in [0.15, 0.2) is 18.3 Å². The second-order valence-electron chi connectivity index (χ2n) is 9.76. The van der Waals surface area contributed by atoms with E-state index < -0.39 is 5.82 Å². The van der Waals surface area contributed by atoms with Crippen molar-refractivity contribution in [1.82, 2.24) is 9.97 Å². The molecular formula is C26H34FN5O4. The van der Waals surface area contributed by atoms with Gasteiger partial charge in [0.25, 0.3) is 0 Å². The number of carbonyl (C=O) groups excluding carboxylic acids is 1. The van der Waals surface area contributed by atoms with E-state index in [1.165, 1.54) is 18.1 Å². The molecular weight excluding hydrogens is 465 g/mol. The molecule has 0 unspecified atom stereocenters. The Labute approximate surface area is 210 Å². The molecule has 2 N–H and O–H groups in total. The van der Waals surface area contributed by atoms with Gasteiger partial charge in [-0.1, -0.05) is 12.8 Å². The van der Waals surface area contributed by atoms with E-state index in [1.54, 1.807) is 17.2 Å². The molecule has 2 fully saturated rings. The van der Waals surface area contributed by atoms with E-state index in [-0.39, 0.29) is 42.2 Å². The molecule has 2 aromatic rings. The van der Waals surface area contributed by atoms with E-state index in [2.05, 4.69) is 10.3 Å². The average Bonchev–Trinajstić information content (AvgIpc) is 3.41. The smallest absolute Gasteiger partial charge is 0.330 e. The number of hydrogen-bond acceptors (Lipinski definition) is 7. The van der Waals surface area contributed by atoms with Crippen molar-refractivity contribution in [3.63, 3.8) is 0 Å². The molecule has 2 amide bonds. The summed E-state index contributed by atoms with van der Waals surface area (Å²) in [5.41, 5.74) is 0.866. The molecule has 194 valence electrons. The van der Waals surface area contributed by atoms with Crippen LogP contribution in [0.1, 0.15) is 63.9 Å². The molecule has 9 nitrogen and oxygen atoms in total. The first-order valence-electron chi connectivity index (χ1n) is 12.9. The van der Waals surface area contributed by atoms with Gasteiger partial charge in [0, 0.05) is 36.0 Å². The number of halogens is 1. The van der Waals surface area contributed by atoms with Gasteiger partial charge in [0.1, 0.15) is 11.6 Å². The van der Waals surface area contributed by atoms with E-state index in [1.807, 2.05) is 6.92 Å². The standard InChI is InChI=1S/C26H34FN5O4/c1-3-36-20-12-21(23(27)22(13-20)35-2)31-15-16-14-28-25(29-17-8-10-19(33)11-9-17)30-24(16)32(26(31)34)18-6-4-5-7-18/h12-14,17-19,33H,3-11,15H2,1-2H3,(H,28,29,30). The summed E-state index contributed by atoms with van der Waals surface area (Å²) in [6, 6.07) is 2.90. The maximum Gasteiger partial charge on any atom is 0.330 e. The van der Waals surface area contributed by atoms with Crippen molar-refractivity contribution in [2.75, 3.05) is 28.8 Å². The maximum atomic E-state index is 15.4. The number of urea groups is 1. The predicted octanol–water partition coefficient (Wildman–Crippen LogP) is 4.63. The largest absolute Gasteiger partial charge is 0.494 e. The first kappa shape index (κ1) is 24.5. The van der Waals surface area contributed by atoms with Crippen LogP contribution < -0.4 is 24.6 Å². The van der Waals surface area contributed by atoms with Crippen LogP contribution in [-0.2, 0) is 6.54 Å². The van der Waals surface area contributed by atoms with Gasteiger partial charge in [0.15, 0.2) is 11.6 Å². The molecule has 1 aromatic heterocycles. The van der Waals surface area contributed by atoms with Gasteiger partial charge in [0.05, 0.1) is 32.1 Å². The summed E-state index contributed by atoms with van der Waals surface area (Å²) in [4.78, 5) is 26.4. The number of fused-ring (bicyclic) bond motifs is 1. The van der Waals surface area contributed by atoms with Crippen molar-refractivity contribution < 1.29 is 23.8 Å². The fourth-order valence-corrected chi connectivity index (χ4v) is 5.48. The van der Waals surface area contributed by atoms with Crippen LogP contribution in [0.2, 0.25) is 0 Å². The average molecular weight is 500 g/mol. The Bertz CT molecular complexity index is 1100. The Kier molecular flexibility index (Phi) is 7.13. The molecule has 36 heavy (non-hydrogen) atoms. The van der Waals surface area contributed by atoms with Crippen LogP contribution in [0.4, 0.5) is 26.6 Å². The molecule has 5 rings (SSSR count). The number of aliphatic hydroxyl groups is 1. The quantitative estimate of drug-likeness (QED) is 0.573.